The molecule has 3 heteroatoms. The summed E-state index contributed by atoms with van der Waals surface area (Å²) in [6.07, 6.45) is 0.726. The van der Waals surface area contributed by atoms with Crippen LogP contribution in [0.3, 0.4) is 0 Å². The number of hydrogen-bond donors (Lipinski definition) is 1. The van der Waals surface area contributed by atoms with Crippen LogP contribution >= 0.6 is 0 Å². The number of anilines is 2. The SMILES string of the molecule is Cc1ccc(Nc2nc(Cc3ccccc3)c(-c3ccccc3)o2)cc1. The van der Waals surface area contributed by atoms with E-state index in [9.17, 15) is 0 Å². The van der Waals surface area contributed by atoms with E-state index in [-0.39, 0.29) is 0 Å². The van der Waals surface area contributed by atoms with Crippen LogP contribution in [0, 0.1) is 6.92 Å². The van der Waals surface area contributed by atoms with Crippen LogP contribution in [0.15, 0.2) is 89.3 Å². The van der Waals surface area contributed by atoms with Crippen molar-refractivity contribution in [3.8, 4) is 11.3 Å². The van der Waals surface area contributed by atoms with Gasteiger partial charge in [0.25, 0.3) is 6.01 Å². The molecule has 1 aromatic heterocycles. The zero-order chi connectivity index (χ0) is 17.8. The topological polar surface area (TPSA) is 38.1 Å². The van der Waals surface area contributed by atoms with Gasteiger partial charge in [-0.25, -0.2) is 0 Å². The van der Waals surface area contributed by atoms with E-state index in [2.05, 4.69) is 36.5 Å². The summed E-state index contributed by atoms with van der Waals surface area (Å²) in [5, 5.41) is 3.27. The Hall–Kier alpha value is -3.33. The van der Waals surface area contributed by atoms with Crippen molar-refractivity contribution in [2.45, 2.75) is 13.3 Å². The molecule has 0 aliphatic heterocycles. The van der Waals surface area contributed by atoms with E-state index >= 15 is 0 Å². The molecule has 0 atom stereocenters. The lowest BCUT2D eigenvalue weighted by molar-refractivity contribution is 0.591. The van der Waals surface area contributed by atoms with Gasteiger partial charge >= 0.3 is 0 Å². The van der Waals surface area contributed by atoms with E-state index < -0.39 is 0 Å². The molecule has 1 heterocycles. The van der Waals surface area contributed by atoms with Gasteiger partial charge in [0.15, 0.2) is 5.76 Å². The standard InChI is InChI=1S/C23H20N2O/c1-17-12-14-20(15-13-17)24-23-25-21(16-18-8-4-2-5-9-18)22(26-23)19-10-6-3-7-11-19/h2-15H,16H2,1H3,(H,24,25). The predicted octanol–water partition coefficient (Wildman–Crippen LogP) is 5.98. The summed E-state index contributed by atoms with van der Waals surface area (Å²) in [5.74, 6) is 0.809. The Balaban J connectivity index is 1.68. The fourth-order valence-corrected chi connectivity index (χ4v) is 2.89. The third-order valence-electron chi connectivity index (χ3n) is 4.25. The van der Waals surface area contributed by atoms with Gasteiger partial charge in [0, 0.05) is 17.7 Å². The molecular weight excluding hydrogens is 320 g/mol. The van der Waals surface area contributed by atoms with Gasteiger partial charge in [-0.3, -0.25) is 0 Å². The van der Waals surface area contributed by atoms with Gasteiger partial charge in [0.2, 0.25) is 0 Å². The van der Waals surface area contributed by atoms with Crippen LogP contribution in [-0.2, 0) is 6.42 Å². The van der Waals surface area contributed by atoms with Crippen LogP contribution in [-0.4, -0.2) is 4.98 Å². The molecule has 4 aromatic rings. The van der Waals surface area contributed by atoms with Crippen LogP contribution < -0.4 is 5.32 Å². The van der Waals surface area contributed by atoms with Crippen LogP contribution in [0.2, 0.25) is 0 Å². The smallest absolute Gasteiger partial charge is 0.299 e. The second kappa shape index (κ2) is 7.28. The number of oxazole rings is 1. The lowest BCUT2D eigenvalue weighted by Gasteiger charge is -2.02. The van der Waals surface area contributed by atoms with E-state index in [1.54, 1.807) is 0 Å². The predicted molar refractivity (Wildman–Crippen MR) is 106 cm³/mol. The molecule has 26 heavy (non-hydrogen) atoms. The van der Waals surface area contributed by atoms with Gasteiger partial charge in [-0.1, -0.05) is 78.4 Å². The normalized spacial score (nSPS) is 10.7. The summed E-state index contributed by atoms with van der Waals surface area (Å²) in [5.41, 5.74) is 5.35. The Labute approximate surface area is 153 Å². The molecule has 3 aromatic carbocycles. The molecule has 0 bridgehead atoms. The number of aromatic nitrogens is 1. The van der Waals surface area contributed by atoms with Crippen LogP contribution in [0.4, 0.5) is 11.7 Å². The minimum absolute atomic E-state index is 0.513. The van der Waals surface area contributed by atoms with Crippen molar-refractivity contribution in [3.63, 3.8) is 0 Å². The molecule has 0 unspecified atom stereocenters. The van der Waals surface area contributed by atoms with Crippen molar-refractivity contribution < 1.29 is 4.42 Å². The fourth-order valence-electron chi connectivity index (χ4n) is 2.89. The first-order valence-electron chi connectivity index (χ1n) is 8.71. The monoisotopic (exact) mass is 340 g/mol. The van der Waals surface area contributed by atoms with Gasteiger partial charge in [0.1, 0.15) is 0 Å². The minimum Gasteiger partial charge on any atom is -0.423 e. The van der Waals surface area contributed by atoms with Crippen LogP contribution in [0.5, 0.6) is 0 Å². The molecule has 0 radical (unpaired) electrons. The van der Waals surface area contributed by atoms with Crippen LogP contribution in [0.1, 0.15) is 16.8 Å². The maximum atomic E-state index is 6.09. The average molecular weight is 340 g/mol. The Bertz CT molecular complexity index is 974. The van der Waals surface area contributed by atoms with Crippen molar-refractivity contribution in [2.24, 2.45) is 0 Å². The van der Waals surface area contributed by atoms with Crippen molar-refractivity contribution in [3.05, 3.63) is 102 Å². The lowest BCUT2D eigenvalue weighted by atomic mass is 10.1. The summed E-state index contributed by atoms with van der Waals surface area (Å²) < 4.78 is 6.09. The molecule has 3 nitrogen and oxygen atoms in total. The molecule has 0 spiro atoms. The summed E-state index contributed by atoms with van der Waals surface area (Å²) in [6, 6.07) is 29.1. The molecule has 0 saturated heterocycles. The molecule has 0 aliphatic rings. The van der Waals surface area contributed by atoms with E-state index in [1.807, 2.05) is 60.7 Å². The van der Waals surface area contributed by atoms with E-state index in [4.69, 9.17) is 9.40 Å². The summed E-state index contributed by atoms with van der Waals surface area (Å²) in [7, 11) is 0. The Morgan fingerprint density at radius 3 is 2.15 bits per heavy atom. The highest BCUT2D eigenvalue weighted by Crippen LogP contribution is 2.30. The number of nitrogens with one attached hydrogen (secondary N) is 1. The first kappa shape index (κ1) is 16.2. The summed E-state index contributed by atoms with van der Waals surface area (Å²) >= 11 is 0. The Morgan fingerprint density at radius 1 is 0.808 bits per heavy atom. The zero-order valence-corrected chi connectivity index (χ0v) is 14.6. The first-order chi connectivity index (χ1) is 12.8. The highest BCUT2D eigenvalue weighted by molar-refractivity contribution is 5.63. The molecule has 0 fully saturated rings. The molecule has 0 aliphatic carbocycles. The van der Waals surface area contributed by atoms with Crippen LogP contribution in [0.25, 0.3) is 11.3 Å². The molecular formula is C23H20N2O. The van der Waals surface area contributed by atoms with Crippen molar-refractivity contribution in [1.82, 2.24) is 4.98 Å². The highest BCUT2D eigenvalue weighted by Gasteiger charge is 2.15. The van der Waals surface area contributed by atoms with Gasteiger partial charge in [-0.15, -0.1) is 0 Å². The van der Waals surface area contributed by atoms with E-state index in [0.29, 0.717) is 6.01 Å². The van der Waals surface area contributed by atoms with E-state index in [0.717, 1.165) is 29.1 Å². The van der Waals surface area contributed by atoms with Gasteiger partial charge in [-0.2, -0.15) is 4.98 Å². The largest absolute Gasteiger partial charge is 0.423 e. The molecule has 0 saturated carbocycles. The summed E-state index contributed by atoms with van der Waals surface area (Å²) in [4.78, 5) is 4.72. The first-order valence-corrected chi connectivity index (χ1v) is 8.71. The van der Waals surface area contributed by atoms with Gasteiger partial charge in [0.05, 0.1) is 5.69 Å². The second-order valence-electron chi connectivity index (χ2n) is 6.31. The van der Waals surface area contributed by atoms with Gasteiger partial charge in [-0.05, 0) is 24.6 Å². The van der Waals surface area contributed by atoms with E-state index in [1.165, 1.54) is 11.1 Å². The molecule has 0 amide bonds. The Kier molecular flexibility index (Phi) is 4.52. The lowest BCUT2D eigenvalue weighted by Crippen LogP contribution is -1.93. The third-order valence-corrected chi connectivity index (χ3v) is 4.25. The highest BCUT2D eigenvalue weighted by atomic mass is 16.4. The summed E-state index contributed by atoms with van der Waals surface area (Å²) in [6.45, 7) is 2.07. The second-order valence-corrected chi connectivity index (χ2v) is 6.31. The number of benzene rings is 3. The van der Waals surface area contributed by atoms with Crippen molar-refractivity contribution in [1.29, 1.82) is 0 Å². The Morgan fingerprint density at radius 2 is 1.46 bits per heavy atom. The zero-order valence-electron chi connectivity index (χ0n) is 14.6. The van der Waals surface area contributed by atoms with Crippen molar-refractivity contribution in [2.75, 3.05) is 5.32 Å². The number of nitrogens with zero attached hydrogens (tertiary/aromatic N) is 1. The number of aryl methyl sites for hydroxylation is 1. The minimum atomic E-state index is 0.513. The average Bonchev–Trinajstić information content (AvgIpc) is 3.07. The fraction of sp³-hybridized carbons (Fsp3) is 0.0870. The molecule has 1 N–H and O–H groups in total. The maximum absolute atomic E-state index is 6.09. The van der Waals surface area contributed by atoms with Crippen molar-refractivity contribution >= 4 is 11.7 Å². The molecule has 4 rings (SSSR count). The quantitative estimate of drug-likeness (QED) is 0.485. The third kappa shape index (κ3) is 3.67. The number of hydrogen-bond acceptors (Lipinski definition) is 3. The molecule has 128 valence electrons. The maximum Gasteiger partial charge on any atom is 0.299 e. The number of rotatable bonds is 5. The van der Waals surface area contributed by atoms with Gasteiger partial charge < -0.3 is 9.73 Å².